The van der Waals surface area contributed by atoms with Crippen LogP contribution in [0.3, 0.4) is 0 Å². The maximum Gasteiger partial charge on any atom is 0.253 e. The lowest BCUT2D eigenvalue weighted by atomic mass is 10.0. The molecule has 2 heterocycles. The first-order valence-corrected chi connectivity index (χ1v) is 11.8. The molecule has 178 valence electrons. The molecule has 3 aromatic rings. The molecular weight excluding hydrogens is 476 g/mol. The van der Waals surface area contributed by atoms with Gasteiger partial charge in [-0.05, 0) is 56.8 Å². The van der Waals surface area contributed by atoms with E-state index in [0.717, 1.165) is 37.3 Å². The van der Waals surface area contributed by atoms with E-state index in [1.807, 2.05) is 42.2 Å². The standard InChI is InChI=1S/C26H26Cl2FN3O2/c1-16-23(34-17(2)24-21(27)8-9-22(29)25(24)28)14-20(15-30-16)18-4-6-19(7-5-18)26(33)32-12-10-31(3)11-13-32/h4-9,14-15,17H,10-13H2,1-3H3/t17-/m1/s1. The first-order chi connectivity index (χ1) is 16.2. The monoisotopic (exact) mass is 501 g/mol. The van der Waals surface area contributed by atoms with Crippen molar-refractivity contribution in [2.45, 2.75) is 20.0 Å². The summed E-state index contributed by atoms with van der Waals surface area (Å²) in [4.78, 5) is 21.4. The SMILES string of the molecule is Cc1ncc(-c2ccc(C(=O)N3CCN(C)CC3)cc2)cc1O[C@H](C)c1c(Cl)ccc(F)c1Cl. The predicted molar refractivity (Wildman–Crippen MR) is 133 cm³/mol. The molecule has 0 aliphatic carbocycles. The zero-order valence-corrected chi connectivity index (χ0v) is 20.8. The molecule has 1 atom stereocenters. The van der Waals surface area contributed by atoms with E-state index in [-0.39, 0.29) is 10.9 Å². The number of rotatable bonds is 5. The van der Waals surface area contributed by atoms with E-state index in [1.54, 1.807) is 13.1 Å². The van der Waals surface area contributed by atoms with Crippen LogP contribution in [0.5, 0.6) is 5.75 Å². The molecule has 34 heavy (non-hydrogen) atoms. The number of hydrogen-bond donors (Lipinski definition) is 0. The topological polar surface area (TPSA) is 45.7 Å². The summed E-state index contributed by atoms with van der Waals surface area (Å²) < 4.78 is 20.1. The lowest BCUT2D eigenvalue weighted by Crippen LogP contribution is -2.47. The van der Waals surface area contributed by atoms with Crippen molar-refractivity contribution >= 4 is 29.1 Å². The van der Waals surface area contributed by atoms with Crippen LogP contribution in [0.25, 0.3) is 11.1 Å². The van der Waals surface area contributed by atoms with Crippen LogP contribution in [0.15, 0.2) is 48.7 Å². The summed E-state index contributed by atoms with van der Waals surface area (Å²) in [6, 6.07) is 12.1. The Morgan fingerprint density at radius 1 is 1.06 bits per heavy atom. The lowest BCUT2D eigenvalue weighted by molar-refractivity contribution is 0.0664. The number of hydrogen-bond acceptors (Lipinski definition) is 4. The predicted octanol–water partition coefficient (Wildman–Crippen LogP) is 6.03. The molecule has 0 N–H and O–H groups in total. The smallest absolute Gasteiger partial charge is 0.253 e. The molecule has 5 nitrogen and oxygen atoms in total. The average molecular weight is 502 g/mol. The minimum Gasteiger partial charge on any atom is -0.484 e. The van der Waals surface area contributed by atoms with E-state index in [4.69, 9.17) is 27.9 Å². The first-order valence-electron chi connectivity index (χ1n) is 11.1. The van der Waals surface area contributed by atoms with Crippen LogP contribution in [0, 0.1) is 12.7 Å². The molecule has 1 saturated heterocycles. The van der Waals surface area contributed by atoms with Gasteiger partial charge in [0.05, 0.1) is 10.7 Å². The van der Waals surface area contributed by atoms with Crippen LogP contribution >= 0.6 is 23.2 Å². The van der Waals surface area contributed by atoms with Gasteiger partial charge in [0.15, 0.2) is 0 Å². The minimum atomic E-state index is -0.588. The van der Waals surface area contributed by atoms with Crippen molar-refractivity contribution in [3.63, 3.8) is 0 Å². The van der Waals surface area contributed by atoms with Crippen molar-refractivity contribution in [3.8, 4) is 16.9 Å². The van der Waals surface area contributed by atoms with Crippen molar-refractivity contribution in [3.05, 3.63) is 81.3 Å². The highest BCUT2D eigenvalue weighted by atomic mass is 35.5. The summed E-state index contributed by atoms with van der Waals surface area (Å²) in [5, 5.41) is 0.281. The molecule has 1 aliphatic heterocycles. The molecule has 0 saturated carbocycles. The molecule has 1 aliphatic rings. The Morgan fingerprint density at radius 2 is 1.74 bits per heavy atom. The Bertz CT molecular complexity index is 1200. The second kappa shape index (κ2) is 10.3. The molecule has 8 heteroatoms. The number of ether oxygens (including phenoxy) is 1. The molecule has 1 aromatic heterocycles. The summed E-state index contributed by atoms with van der Waals surface area (Å²) in [6.45, 7) is 6.82. The lowest BCUT2D eigenvalue weighted by Gasteiger charge is -2.32. The molecule has 0 bridgehead atoms. The van der Waals surface area contributed by atoms with Gasteiger partial charge in [0.1, 0.15) is 17.7 Å². The van der Waals surface area contributed by atoms with Crippen LogP contribution in [-0.2, 0) is 0 Å². The molecule has 0 spiro atoms. The zero-order valence-electron chi connectivity index (χ0n) is 19.3. The van der Waals surface area contributed by atoms with E-state index in [1.165, 1.54) is 12.1 Å². The van der Waals surface area contributed by atoms with Crippen molar-refractivity contribution < 1.29 is 13.9 Å². The highest BCUT2D eigenvalue weighted by Gasteiger charge is 2.21. The maximum absolute atomic E-state index is 14.0. The van der Waals surface area contributed by atoms with Gasteiger partial charge in [-0.25, -0.2) is 4.39 Å². The van der Waals surface area contributed by atoms with Gasteiger partial charge in [-0.3, -0.25) is 9.78 Å². The maximum atomic E-state index is 14.0. The van der Waals surface area contributed by atoms with Crippen molar-refractivity contribution in [1.82, 2.24) is 14.8 Å². The summed E-state index contributed by atoms with van der Waals surface area (Å²) in [7, 11) is 2.06. The molecular formula is C26H26Cl2FN3O2. The number of likely N-dealkylation sites (N-methyl/N-ethyl adjacent to an activating group) is 1. The normalized spacial score (nSPS) is 15.3. The Kier molecular flexibility index (Phi) is 7.41. The number of carbonyl (C=O) groups excluding carboxylic acids is 1. The van der Waals surface area contributed by atoms with Crippen LogP contribution in [0.2, 0.25) is 10.0 Å². The van der Waals surface area contributed by atoms with E-state index in [9.17, 15) is 9.18 Å². The van der Waals surface area contributed by atoms with Crippen molar-refractivity contribution in [1.29, 1.82) is 0 Å². The second-order valence-electron chi connectivity index (χ2n) is 8.50. The van der Waals surface area contributed by atoms with Gasteiger partial charge in [-0.1, -0.05) is 35.3 Å². The third-order valence-electron chi connectivity index (χ3n) is 6.09. The van der Waals surface area contributed by atoms with Gasteiger partial charge in [0.2, 0.25) is 0 Å². The van der Waals surface area contributed by atoms with Gasteiger partial charge in [0, 0.05) is 54.1 Å². The Balaban J connectivity index is 1.53. The van der Waals surface area contributed by atoms with Gasteiger partial charge in [-0.15, -0.1) is 0 Å². The first kappa shape index (κ1) is 24.5. The average Bonchev–Trinajstić information content (AvgIpc) is 2.83. The number of carbonyl (C=O) groups is 1. The summed E-state index contributed by atoms with van der Waals surface area (Å²) in [5.41, 5.74) is 3.47. The van der Waals surface area contributed by atoms with Gasteiger partial charge in [-0.2, -0.15) is 0 Å². The van der Waals surface area contributed by atoms with Crippen LogP contribution in [0.1, 0.15) is 34.6 Å². The fourth-order valence-corrected chi connectivity index (χ4v) is 4.63. The number of aromatic nitrogens is 1. The third-order valence-corrected chi connectivity index (χ3v) is 6.80. The molecule has 1 fully saturated rings. The van der Waals surface area contributed by atoms with Crippen LogP contribution in [-0.4, -0.2) is 53.9 Å². The Morgan fingerprint density at radius 3 is 2.41 bits per heavy atom. The highest BCUT2D eigenvalue weighted by Crippen LogP contribution is 2.36. The van der Waals surface area contributed by atoms with E-state index < -0.39 is 11.9 Å². The molecule has 2 aromatic carbocycles. The largest absolute Gasteiger partial charge is 0.484 e. The van der Waals surface area contributed by atoms with E-state index >= 15 is 0 Å². The van der Waals surface area contributed by atoms with Crippen molar-refractivity contribution in [2.24, 2.45) is 0 Å². The zero-order chi connectivity index (χ0) is 24.4. The van der Waals surface area contributed by atoms with E-state index in [2.05, 4.69) is 16.9 Å². The quantitative estimate of drug-likeness (QED) is 0.400. The fourth-order valence-electron chi connectivity index (χ4n) is 3.95. The van der Waals surface area contributed by atoms with Gasteiger partial charge in [0.25, 0.3) is 5.91 Å². The molecule has 1 amide bonds. The van der Waals surface area contributed by atoms with Crippen molar-refractivity contribution in [2.75, 3.05) is 33.2 Å². The van der Waals surface area contributed by atoms with E-state index in [0.29, 0.717) is 27.6 Å². The third kappa shape index (κ3) is 5.19. The molecule has 0 radical (unpaired) electrons. The van der Waals surface area contributed by atoms with Crippen LogP contribution in [0.4, 0.5) is 4.39 Å². The number of benzene rings is 2. The number of halogens is 3. The van der Waals surface area contributed by atoms with Gasteiger partial charge < -0.3 is 14.5 Å². The minimum absolute atomic E-state index is 0.0448. The highest BCUT2D eigenvalue weighted by molar-refractivity contribution is 6.36. The fraction of sp³-hybridized carbons (Fsp3) is 0.308. The molecule has 4 rings (SSSR count). The second-order valence-corrected chi connectivity index (χ2v) is 9.28. The Hall–Kier alpha value is -2.67. The Labute approximate surface area is 209 Å². The number of piperazine rings is 1. The number of pyridine rings is 1. The molecule has 0 unspecified atom stereocenters. The van der Waals surface area contributed by atoms with Crippen LogP contribution < -0.4 is 4.74 Å². The number of aryl methyl sites for hydroxylation is 1. The summed E-state index contributed by atoms with van der Waals surface area (Å²) >= 11 is 12.4. The number of amides is 1. The van der Waals surface area contributed by atoms with Gasteiger partial charge >= 0.3 is 0 Å². The number of nitrogens with zero attached hydrogens (tertiary/aromatic N) is 3. The summed E-state index contributed by atoms with van der Waals surface area (Å²) in [5.74, 6) is 0.0358. The summed E-state index contributed by atoms with van der Waals surface area (Å²) in [6.07, 6.45) is 1.17.